The van der Waals surface area contributed by atoms with Crippen molar-refractivity contribution in [2.45, 2.75) is 4.90 Å². The first kappa shape index (κ1) is 18.4. The summed E-state index contributed by atoms with van der Waals surface area (Å²) >= 11 is 17.8. The van der Waals surface area contributed by atoms with E-state index in [1.807, 2.05) is 18.2 Å². The van der Waals surface area contributed by atoms with Crippen LogP contribution in [0.1, 0.15) is 0 Å². The third-order valence-electron chi connectivity index (χ3n) is 3.05. The Morgan fingerprint density at radius 3 is 2.17 bits per heavy atom. The number of rotatable bonds is 6. The van der Waals surface area contributed by atoms with Gasteiger partial charge in [-0.25, -0.2) is 8.42 Å². The molecule has 0 aliphatic heterocycles. The van der Waals surface area contributed by atoms with Crippen LogP contribution in [0, 0.1) is 0 Å². The summed E-state index contributed by atoms with van der Waals surface area (Å²) in [6, 6.07) is 11.8. The average Bonchev–Trinajstić information content (AvgIpc) is 2.46. The molecule has 0 aliphatic rings. The monoisotopic (exact) mass is 393 g/mol. The fraction of sp³-hybridized carbons (Fsp3) is 0.200. The molecule has 0 bridgehead atoms. The molecule has 0 N–H and O–H groups in total. The van der Waals surface area contributed by atoms with E-state index in [1.54, 1.807) is 12.1 Å². The van der Waals surface area contributed by atoms with Gasteiger partial charge in [0, 0.05) is 18.6 Å². The summed E-state index contributed by atoms with van der Waals surface area (Å²) in [6.45, 7) is 0.342. The molecular formula is C15H14Cl3NO3S. The number of nitrogens with zero attached hydrogens (tertiary/aromatic N) is 1. The zero-order valence-electron chi connectivity index (χ0n) is 12.2. The molecule has 0 fully saturated rings. The second-order valence-electron chi connectivity index (χ2n) is 4.69. The molecule has 0 amide bonds. The van der Waals surface area contributed by atoms with Gasteiger partial charge in [0.05, 0.1) is 10.0 Å². The third kappa shape index (κ3) is 4.52. The van der Waals surface area contributed by atoms with E-state index in [2.05, 4.69) is 0 Å². The summed E-state index contributed by atoms with van der Waals surface area (Å²) in [5, 5.41) is 0.241. The van der Waals surface area contributed by atoms with Gasteiger partial charge in [-0.15, -0.1) is 0 Å². The van der Waals surface area contributed by atoms with Crippen molar-refractivity contribution in [1.29, 1.82) is 0 Å². The standard InChI is InChI=1S/C15H14Cl3NO3S/c1-19(7-8-22-12-5-3-2-4-6-12)23(20,21)15-13(17)9-11(16)10-14(15)18/h2-6,9-10H,7-8H2,1H3. The topological polar surface area (TPSA) is 46.6 Å². The van der Waals surface area contributed by atoms with Crippen molar-refractivity contribution in [3.8, 4) is 5.75 Å². The maximum absolute atomic E-state index is 12.6. The highest BCUT2D eigenvalue weighted by molar-refractivity contribution is 7.89. The first-order valence-corrected chi connectivity index (χ1v) is 9.18. The fourth-order valence-corrected chi connectivity index (χ4v) is 4.50. The van der Waals surface area contributed by atoms with Crippen LogP contribution in [0.4, 0.5) is 0 Å². The van der Waals surface area contributed by atoms with Gasteiger partial charge >= 0.3 is 0 Å². The summed E-state index contributed by atoms with van der Waals surface area (Å²) in [6.07, 6.45) is 0. The Balaban J connectivity index is 2.10. The van der Waals surface area contributed by atoms with Crippen LogP contribution in [0.3, 0.4) is 0 Å². The van der Waals surface area contributed by atoms with Crippen molar-refractivity contribution >= 4 is 44.8 Å². The smallest absolute Gasteiger partial charge is 0.245 e. The molecule has 0 saturated carbocycles. The number of sulfonamides is 1. The lowest BCUT2D eigenvalue weighted by molar-refractivity contribution is 0.287. The van der Waals surface area contributed by atoms with E-state index in [0.29, 0.717) is 5.75 Å². The lowest BCUT2D eigenvalue weighted by Gasteiger charge is -2.19. The Hall–Kier alpha value is -0.980. The summed E-state index contributed by atoms with van der Waals surface area (Å²) in [5.41, 5.74) is 0. The SMILES string of the molecule is CN(CCOc1ccccc1)S(=O)(=O)c1c(Cl)cc(Cl)cc1Cl. The van der Waals surface area contributed by atoms with Crippen LogP contribution in [0.5, 0.6) is 5.75 Å². The molecule has 8 heteroatoms. The predicted molar refractivity (Wildman–Crippen MR) is 93.2 cm³/mol. The molecule has 0 spiro atoms. The van der Waals surface area contributed by atoms with Gasteiger partial charge in [-0.3, -0.25) is 0 Å². The van der Waals surface area contributed by atoms with Crippen molar-refractivity contribution < 1.29 is 13.2 Å². The summed E-state index contributed by atoms with van der Waals surface area (Å²) in [4.78, 5) is -0.160. The number of para-hydroxylation sites is 1. The van der Waals surface area contributed by atoms with Gasteiger partial charge in [0.25, 0.3) is 0 Å². The van der Waals surface area contributed by atoms with E-state index in [9.17, 15) is 8.42 Å². The van der Waals surface area contributed by atoms with Gasteiger partial charge in [0.2, 0.25) is 10.0 Å². The number of hydrogen-bond donors (Lipinski definition) is 0. The van der Waals surface area contributed by atoms with Crippen molar-refractivity contribution in [1.82, 2.24) is 4.31 Å². The van der Waals surface area contributed by atoms with Crippen LogP contribution in [0.2, 0.25) is 15.1 Å². The molecule has 23 heavy (non-hydrogen) atoms. The first-order valence-electron chi connectivity index (χ1n) is 6.61. The minimum Gasteiger partial charge on any atom is -0.492 e. The number of ether oxygens (including phenoxy) is 1. The molecular weight excluding hydrogens is 381 g/mol. The second kappa shape index (κ2) is 7.73. The fourth-order valence-electron chi connectivity index (χ4n) is 1.86. The summed E-state index contributed by atoms with van der Waals surface area (Å²) < 4.78 is 31.8. The van der Waals surface area contributed by atoms with Gasteiger partial charge in [-0.05, 0) is 24.3 Å². The Morgan fingerprint density at radius 1 is 1.04 bits per heavy atom. The summed E-state index contributed by atoms with van der Waals surface area (Å²) in [5.74, 6) is 0.667. The highest BCUT2D eigenvalue weighted by Crippen LogP contribution is 2.34. The largest absolute Gasteiger partial charge is 0.492 e. The molecule has 0 heterocycles. The maximum atomic E-state index is 12.6. The normalized spacial score (nSPS) is 11.7. The van der Waals surface area contributed by atoms with Crippen molar-refractivity contribution in [2.75, 3.05) is 20.2 Å². The molecule has 0 aromatic heterocycles. The number of hydrogen-bond acceptors (Lipinski definition) is 3. The van der Waals surface area contributed by atoms with Crippen LogP contribution in [0.15, 0.2) is 47.4 Å². The molecule has 0 atom stereocenters. The highest BCUT2D eigenvalue weighted by Gasteiger charge is 2.27. The molecule has 124 valence electrons. The van der Waals surface area contributed by atoms with Crippen molar-refractivity contribution in [3.63, 3.8) is 0 Å². The minimum absolute atomic E-state index is 0.0154. The minimum atomic E-state index is -3.84. The molecule has 2 aromatic rings. The van der Waals surface area contributed by atoms with Gasteiger partial charge in [-0.2, -0.15) is 4.31 Å². The Morgan fingerprint density at radius 2 is 1.61 bits per heavy atom. The van der Waals surface area contributed by atoms with Gasteiger partial charge in [-0.1, -0.05) is 53.0 Å². The molecule has 0 radical (unpaired) electrons. The van der Waals surface area contributed by atoms with Crippen LogP contribution in [0.25, 0.3) is 0 Å². The van der Waals surface area contributed by atoms with Gasteiger partial charge in [0.15, 0.2) is 0 Å². The average molecular weight is 395 g/mol. The van der Waals surface area contributed by atoms with E-state index in [-0.39, 0.29) is 33.1 Å². The van der Waals surface area contributed by atoms with E-state index in [1.165, 1.54) is 19.2 Å². The maximum Gasteiger partial charge on any atom is 0.245 e. The van der Waals surface area contributed by atoms with Gasteiger partial charge < -0.3 is 4.74 Å². The number of likely N-dealkylation sites (N-methyl/N-ethyl adjacent to an activating group) is 1. The Labute approximate surface area is 150 Å². The third-order valence-corrected chi connectivity index (χ3v) is 6.05. The Bertz CT molecular complexity index is 759. The number of benzene rings is 2. The quantitative estimate of drug-likeness (QED) is 0.732. The zero-order valence-corrected chi connectivity index (χ0v) is 15.3. The Kier molecular flexibility index (Phi) is 6.17. The van der Waals surface area contributed by atoms with Crippen LogP contribution in [-0.2, 0) is 10.0 Å². The van der Waals surface area contributed by atoms with Gasteiger partial charge in [0.1, 0.15) is 17.3 Å². The van der Waals surface area contributed by atoms with Crippen LogP contribution in [-0.4, -0.2) is 32.9 Å². The van der Waals surface area contributed by atoms with E-state index >= 15 is 0 Å². The van der Waals surface area contributed by atoms with Crippen molar-refractivity contribution in [2.24, 2.45) is 0 Å². The zero-order chi connectivity index (χ0) is 17.0. The molecule has 0 unspecified atom stereocenters. The van der Waals surface area contributed by atoms with E-state index < -0.39 is 10.0 Å². The lowest BCUT2D eigenvalue weighted by atomic mass is 10.3. The molecule has 2 rings (SSSR count). The second-order valence-corrected chi connectivity index (χ2v) is 7.92. The van der Waals surface area contributed by atoms with E-state index in [0.717, 1.165) is 4.31 Å². The predicted octanol–water partition coefficient (Wildman–Crippen LogP) is 4.35. The molecule has 0 aliphatic carbocycles. The first-order chi connectivity index (χ1) is 10.8. The lowest BCUT2D eigenvalue weighted by Crippen LogP contribution is -2.31. The van der Waals surface area contributed by atoms with E-state index in [4.69, 9.17) is 39.5 Å². The number of halogens is 3. The van der Waals surface area contributed by atoms with Crippen LogP contribution < -0.4 is 4.74 Å². The molecule has 0 saturated heterocycles. The van der Waals surface area contributed by atoms with Crippen molar-refractivity contribution in [3.05, 3.63) is 57.5 Å². The summed E-state index contributed by atoms with van der Waals surface area (Å²) in [7, 11) is -2.41. The highest BCUT2D eigenvalue weighted by atomic mass is 35.5. The molecule has 2 aromatic carbocycles. The van der Waals surface area contributed by atoms with Crippen LogP contribution >= 0.6 is 34.8 Å². The molecule has 4 nitrogen and oxygen atoms in total.